The van der Waals surface area contributed by atoms with E-state index < -0.39 is 30.4 Å². The average molecular weight is 609 g/mol. The van der Waals surface area contributed by atoms with E-state index in [1.165, 1.54) is 36.4 Å². The number of benzene rings is 2. The van der Waals surface area contributed by atoms with Crippen LogP contribution in [0.1, 0.15) is 83.6 Å². The molecule has 2 aromatic carbocycles. The van der Waals surface area contributed by atoms with E-state index in [1.54, 1.807) is 11.0 Å². The molecule has 0 aromatic heterocycles. The van der Waals surface area contributed by atoms with Crippen molar-refractivity contribution in [2.24, 2.45) is 17.4 Å². The number of hydrogen-bond acceptors (Lipinski definition) is 7. The fourth-order valence-electron chi connectivity index (χ4n) is 4.44. The SMILES string of the molecule is CCCN(CCC)C(=O)c1cc(C(N)=O)cc(C(=O)OC(CNCCC(C)C)C(N)Cc2cccc(OC(F)(F)F)c2)c1. The van der Waals surface area contributed by atoms with Gasteiger partial charge in [0.1, 0.15) is 11.9 Å². The molecule has 0 aliphatic carbocycles. The van der Waals surface area contributed by atoms with Crippen LogP contribution in [0.2, 0.25) is 0 Å². The van der Waals surface area contributed by atoms with Gasteiger partial charge in [0.2, 0.25) is 5.91 Å². The van der Waals surface area contributed by atoms with E-state index >= 15 is 0 Å². The second-order valence-electron chi connectivity index (χ2n) is 10.8. The Bertz CT molecular complexity index is 1220. The van der Waals surface area contributed by atoms with Gasteiger partial charge in [0.15, 0.2) is 0 Å². The first-order chi connectivity index (χ1) is 20.2. The lowest BCUT2D eigenvalue weighted by atomic mass is 10.0. The molecule has 0 aliphatic heterocycles. The van der Waals surface area contributed by atoms with Crippen molar-refractivity contribution in [3.05, 3.63) is 64.7 Å². The number of carbonyl (C=O) groups excluding carboxylic acids is 3. The third-order valence-corrected chi connectivity index (χ3v) is 6.56. The van der Waals surface area contributed by atoms with Crippen molar-refractivity contribution in [2.45, 2.75) is 71.9 Å². The van der Waals surface area contributed by atoms with Crippen molar-refractivity contribution in [3.8, 4) is 5.75 Å². The third-order valence-electron chi connectivity index (χ3n) is 6.56. The highest BCUT2D eigenvalue weighted by Gasteiger charge is 2.31. The summed E-state index contributed by atoms with van der Waals surface area (Å²) >= 11 is 0. The Morgan fingerprint density at radius 3 is 2.19 bits per heavy atom. The predicted molar refractivity (Wildman–Crippen MR) is 158 cm³/mol. The molecule has 238 valence electrons. The molecule has 0 aliphatic rings. The number of primary amides is 1. The van der Waals surface area contributed by atoms with E-state index in [0.29, 0.717) is 31.1 Å². The zero-order valence-electron chi connectivity index (χ0n) is 25.2. The number of nitrogens with zero attached hydrogens (tertiary/aromatic N) is 1. The van der Waals surface area contributed by atoms with Gasteiger partial charge in [-0.1, -0.05) is 39.8 Å². The summed E-state index contributed by atoms with van der Waals surface area (Å²) in [7, 11) is 0. The van der Waals surface area contributed by atoms with Crippen LogP contribution in [0.4, 0.5) is 13.2 Å². The number of halogens is 3. The van der Waals surface area contributed by atoms with E-state index in [9.17, 15) is 27.6 Å². The second-order valence-corrected chi connectivity index (χ2v) is 10.8. The van der Waals surface area contributed by atoms with Gasteiger partial charge < -0.3 is 31.2 Å². The Labute approximate surface area is 251 Å². The smallest absolute Gasteiger partial charge is 0.456 e. The van der Waals surface area contributed by atoms with Crippen LogP contribution in [0.5, 0.6) is 5.75 Å². The van der Waals surface area contributed by atoms with Gasteiger partial charge in [0.05, 0.1) is 5.56 Å². The van der Waals surface area contributed by atoms with Crippen molar-refractivity contribution in [1.82, 2.24) is 10.2 Å². The number of carbonyl (C=O) groups is 3. The molecule has 43 heavy (non-hydrogen) atoms. The molecule has 5 N–H and O–H groups in total. The van der Waals surface area contributed by atoms with Crippen molar-refractivity contribution in [3.63, 3.8) is 0 Å². The highest BCUT2D eigenvalue weighted by atomic mass is 19.4. The second kappa shape index (κ2) is 16.9. The molecule has 0 saturated carbocycles. The molecular weight excluding hydrogens is 565 g/mol. The number of esters is 1. The largest absolute Gasteiger partial charge is 0.573 e. The lowest BCUT2D eigenvalue weighted by molar-refractivity contribution is -0.274. The fourth-order valence-corrected chi connectivity index (χ4v) is 4.44. The lowest BCUT2D eigenvalue weighted by Gasteiger charge is -2.25. The number of nitrogens with one attached hydrogen (secondary N) is 1. The Hall–Kier alpha value is -3.64. The molecule has 2 atom stereocenters. The first-order valence-corrected chi connectivity index (χ1v) is 14.5. The van der Waals surface area contributed by atoms with Gasteiger partial charge in [-0.05, 0) is 74.0 Å². The van der Waals surface area contributed by atoms with Crippen molar-refractivity contribution in [2.75, 3.05) is 26.2 Å². The molecule has 2 amide bonds. The Balaban J connectivity index is 2.34. The van der Waals surface area contributed by atoms with Crippen molar-refractivity contribution >= 4 is 17.8 Å². The molecule has 0 saturated heterocycles. The Kier molecular flexibility index (Phi) is 13.9. The van der Waals surface area contributed by atoms with Crippen LogP contribution in [0, 0.1) is 5.92 Å². The summed E-state index contributed by atoms with van der Waals surface area (Å²) in [6.45, 7) is 9.80. The minimum atomic E-state index is -4.84. The van der Waals surface area contributed by atoms with Gasteiger partial charge in [0.25, 0.3) is 5.91 Å². The number of ether oxygens (including phenoxy) is 2. The topological polar surface area (TPSA) is 137 Å². The summed E-state index contributed by atoms with van der Waals surface area (Å²) < 4.78 is 47.9. The van der Waals surface area contributed by atoms with Crippen LogP contribution in [-0.2, 0) is 11.2 Å². The standard InChI is InChI=1S/C31H43F3N4O5/c1-5-12-38(13-6-2)29(40)23-16-22(28(36)39)17-24(18-23)30(41)42-27(19-37-11-10-20(3)4)26(35)15-21-8-7-9-25(14-21)43-31(32,33)34/h7-9,14,16-18,20,26-27,37H,5-6,10-13,15,19,35H2,1-4H3,(H2,36,39). The van der Waals surface area contributed by atoms with Crippen LogP contribution < -0.4 is 21.5 Å². The molecular formula is C31H43F3N4O5. The summed E-state index contributed by atoms with van der Waals surface area (Å²) in [6.07, 6.45) is -3.36. The minimum absolute atomic E-state index is 0.0249. The third kappa shape index (κ3) is 12.2. The first-order valence-electron chi connectivity index (χ1n) is 14.5. The number of rotatable bonds is 17. The Morgan fingerprint density at radius 1 is 0.977 bits per heavy atom. The summed E-state index contributed by atoms with van der Waals surface area (Å²) in [5.41, 5.74) is 12.5. The van der Waals surface area contributed by atoms with E-state index in [0.717, 1.165) is 19.3 Å². The highest BCUT2D eigenvalue weighted by Crippen LogP contribution is 2.24. The van der Waals surface area contributed by atoms with Gasteiger partial charge in [-0.15, -0.1) is 13.2 Å². The lowest BCUT2D eigenvalue weighted by Crippen LogP contribution is -2.46. The minimum Gasteiger partial charge on any atom is -0.456 e. The molecule has 2 rings (SSSR count). The molecule has 0 heterocycles. The monoisotopic (exact) mass is 608 g/mol. The first kappa shape index (κ1) is 35.6. The van der Waals surface area contributed by atoms with Crippen LogP contribution >= 0.6 is 0 Å². The molecule has 0 spiro atoms. The van der Waals surface area contributed by atoms with Gasteiger partial charge in [-0.3, -0.25) is 9.59 Å². The van der Waals surface area contributed by atoms with Crippen molar-refractivity contribution < 1.29 is 37.0 Å². The maximum Gasteiger partial charge on any atom is 0.573 e. The zero-order valence-corrected chi connectivity index (χ0v) is 25.2. The van der Waals surface area contributed by atoms with E-state index in [1.807, 2.05) is 13.8 Å². The van der Waals surface area contributed by atoms with Gasteiger partial charge in [0, 0.05) is 36.8 Å². The van der Waals surface area contributed by atoms with Crippen molar-refractivity contribution in [1.29, 1.82) is 0 Å². The summed E-state index contributed by atoms with van der Waals surface area (Å²) in [4.78, 5) is 40.4. The number of amides is 2. The summed E-state index contributed by atoms with van der Waals surface area (Å²) in [6, 6.07) is 8.58. The van der Waals surface area contributed by atoms with Crippen LogP contribution in [0.3, 0.4) is 0 Å². The maximum atomic E-state index is 13.4. The van der Waals surface area contributed by atoms with Gasteiger partial charge in [-0.2, -0.15) is 0 Å². The molecule has 2 aromatic rings. The van der Waals surface area contributed by atoms with E-state index in [2.05, 4.69) is 23.9 Å². The maximum absolute atomic E-state index is 13.4. The average Bonchev–Trinajstić information content (AvgIpc) is 2.92. The predicted octanol–water partition coefficient (Wildman–Crippen LogP) is 4.68. The summed E-state index contributed by atoms with van der Waals surface area (Å²) in [5, 5.41) is 3.22. The number of nitrogens with two attached hydrogens (primary N) is 2. The highest BCUT2D eigenvalue weighted by molar-refractivity contribution is 6.03. The molecule has 9 nitrogen and oxygen atoms in total. The van der Waals surface area contributed by atoms with E-state index in [-0.39, 0.29) is 41.3 Å². The van der Waals surface area contributed by atoms with Crippen LogP contribution in [-0.4, -0.2) is 67.4 Å². The van der Waals surface area contributed by atoms with Crippen LogP contribution in [0.25, 0.3) is 0 Å². The molecule has 12 heteroatoms. The number of alkyl halides is 3. The molecule has 2 unspecified atom stereocenters. The molecule has 0 fully saturated rings. The summed E-state index contributed by atoms with van der Waals surface area (Å²) in [5.74, 6) is -1.95. The van der Waals surface area contributed by atoms with Crippen LogP contribution in [0.15, 0.2) is 42.5 Å². The Morgan fingerprint density at radius 2 is 1.60 bits per heavy atom. The normalized spacial score (nSPS) is 13.0. The zero-order chi connectivity index (χ0) is 32.2. The number of hydrogen-bond donors (Lipinski definition) is 3. The van der Waals surface area contributed by atoms with E-state index in [4.69, 9.17) is 16.2 Å². The quantitative estimate of drug-likeness (QED) is 0.175. The fraction of sp³-hybridized carbons (Fsp3) is 0.516. The van der Waals surface area contributed by atoms with Gasteiger partial charge >= 0.3 is 12.3 Å². The van der Waals surface area contributed by atoms with Gasteiger partial charge in [-0.25, -0.2) is 4.79 Å². The molecule has 0 radical (unpaired) electrons. The molecule has 0 bridgehead atoms.